The van der Waals surface area contributed by atoms with Crippen LogP contribution in [0.5, 0.6) is 0 Å². The third-order valence-electron chi connectivity index (χ3n) is 6.42. The van der Waals surface area contributed by atoms with E-state index in [-0.39, 0.29) is 30.9 Å². The number of rotatable bonds is 8. The predicted molar refractivity (Wildman–Crippen MR) is 140 cm³/mol. The maximum atomic E-state index is 14.2. The Kier molecular flexibility index (Phi) is 8.04. The van der Waals surface area contributed by atoms with Gasteiger partial charge in [-0.25, -0.2) is 12.8 Å². The summed E-state index contributed by atoms with van der Waals surface area (Å²) < 4.78 is 82.6. The smallest absolute Gasteiger partial charge is 0.416 e. The first kappa shape index (κ1) is 28.8. The van der Waals surface area contributed by atoms with E-state index < -0.39 is 38.4 Å². The average molecular weight is 577 g/mol. The maximum Gasteiger partial charge on any atom is 0.416 e. The Labute approximate surface area is 228 Å². The van der Waals surface area contributed by atoms with Crippen molar-refractivity contribution < 1.29 is 35.9 Å². The second-order valence-electron chi connectivity index (χ2n) is 9.27. The van der Waals surface area contributed by atoms with E-state index in [4.69, 9.17) is 5.11 Å². The molecule has 4 rings (SSSR count). The van der Waals surface area contributed by atoms with Gasteiger partial charge < -0.3 is 10.0 Å². The number of carboxylic acids is 1. The van der Waals surface area contributed by atoms with Crippen molar-refractivity contribution in [2.24, 2.45) is 0 Å². The molecule has 0 aromatic heterocycles. The van der Waals surface area contributed by atoms with Crippen LogP contribution in [0.25, 0.3) is 11.1 Å². The van der Waals surface area contributed by atoms with E-state index in [9.17, 15) is 36.0 Å². The Balaban J connectivity index is 1.79. The number of anilines is 2. The van der Waals surface area contributed by atoms with Gasteiger partial charge in [0.2, 0.25) is 0 Å². The highest BCUT2D eigenvalue weighted by atomic mass is 32.2. The Hall–Kier alpha value is -4.15. The molecule has 0 aliphatic carbocycles. The number of benzene rings is 3. The number of halogens is 4. The van der Waals surface area contributed by atoms with Gasteiger partial charge in [-0.05, 0) is 66.7 Å². The first-order valence-corrected chi connectivity index (χ1v) is 13.4. The Bertz CT molecular complexity index is 1590. The molecule has 3 aromatic carbocycles. The molecule has 0 saturated heterocycles. The number of alkyl halides is 3. The minimum Gasteiger partial charge on any atom is -0.480 e. The second-order valence-corrected chi connectivity index (χ2v) is 11.1. The predicted octanol–water partition coefficient (Wildman–Crippen LogP) is 4.41. The van der Waals surface area contributed by atoms with Gasteiger partial charge in [0.1, 0.15) is 5.82 Å². The molecule has 1 aliphatic heterocycles. The fourth-order valence-corrected chi connectivity index (χ4v) is 5.99. The zero-order valence-electron chi connectivity index (χ0n) is 21.2. The Morgan fingerprint density at radius 1 is 1.05 bits per heavy atom. The molecule has 0 amide bonds. The van der Waals surface area contributed by atoms with Crippen LogP contribution < -0.4 is 9.21 Å². The number of carboxylic acid groups (broad SMARTS) is 1. The van der Waals surface area contributed by atoms with Crippen molar-refractivity contribution in [3.8, 4) is 17.2 Å². The zero-order chi connectivity index (χ0) is 29.2. The lowest BCUT2D eigenvalue weighted by atomic mass is 10.0. The summed E-state index contributed by atoms with van der Waals surface area (Å²) in [5.41, 5.74) is 0.268. The molecule has 0 unspecified atom stereocenters. The van der Waals surface area contributed by atoms with Crippen LogP contribution in [0.15, 0.2) is 65.6 Å². The standard InChI is InChI=1S/C27H24F4N4O4S/c1-33(17-26(36)37)7-8-34-9-10-35(40(38,39)23-4-2-3-21(15-23)27(29,30)31)25-14-19(5-6-24(25)34)20-11-18(16-32)12-22(28)13-20/h2-6,11-15H,7-10,17H2,1H3,(H,36,37). The summed E-state index contributed by atoms with van der Waals surface area (Å²) in [5, 5.41) is 18.3. The van der Waals surface area contributed by atoms with Crippen molar-refractivity contribution in [3.63, 3.8) is 0 Å². The Morgan fingerprint density at radius 2 is 1.80 bits per heavy atom. The largest absolute Gasteiger partial charge is 0.480 e. The summed E-state index contributed by atoms with van der Waals surface area (Å²) in [4.78, 5) is 13.9. The van der Waals surface area contributed by atoms with Gasteiger partial charge in [-0.2, -0.15) is 18.4 Å². The van der Waals surface area contributed by atoms with Gasteiger partial charge in [0.25, 0.3) is 10.0 Å². The summed E-state index contributed by atoms with van der Waals surface area (Å²) in [7, 11) is -2.83. The van der Waals surface area contributed by atoms with Gasteiger partial charge in [0, 0.05) is 19.6 Å². The van der Waals surface area contributed by atoms with Gasteiger partial charge in [-0.1, -0.05) is 12.1 Å². The molecule has 40 heavy (non-hydrogen) atoms. The minimum absolute atomic E-state index is 0.0595. The van der Waals surface area contributed by atoms with Crippen molar-refractivity contribution in [3.05, 3.63) is 77.6 Å². The molecule has 0 spiro atoms. The van der Waals surface area contributed by atoms with Crippen LogP contribution >= 0.6 is 0 Å². The van der Waals surface area contributed by atoms with Crippen LogP contribution in [-0.4, -0.2) is 64.2 Å². The summed E-state index contributed by atoms with van der Waals surface area (Å²) in [5.74, 6) is -1.67. The third kappa shape index (κ3) is 6.19. The van der Waals surface area contributed by atoms with Gasteiger partial charge in [-0.15, -0.1) is 0 Å². The summed E-state index contributed by atoms with van der Waals surface area (Å²) in [6.07, 6.45) is -4.74. The first-order chi connectivity index (χ1) is 18.8. The van der Waals surface area contributed by atoms with Crippen LogP contribution in [0, 0.1) is 17.1 Å². The highest BCUT2D eigenvalue weighted by Crippen LogP contribution is 2.40. The fourth-order valence-electron chi connectivity index (χ4n) is 4.49. The molecule has 1 aliphatic rings. The summed E-state index contributed by atoms with van der Waals surface area (Å²) in [6, 6.07) is 13.8. The van der Waals surface area contributed by atoms with E-state index >= 15 is 0 Å². The number of fused-ring (bicyclic) bond motifs is 1. The number of likely N-dealkylation sites (N-methyl/N-ethyl adjacent to an activating group) is 1. The van der Waals surface area contributed by atoms with Crippen LogP contribution in [0.2, 0.25) is 0 Å². The van der Waals surface area contributed by atoms with Crippen LogP contribution in [-0.2, 0) is 21.0 Å². The van der Waals surface area contributed by atoms with Gasteiger partial charge >= 0.3 is 12.1 Å². The van der Waals surface area contributed by atoms with Crippen molar-refractivity contribution in [1.29, 1.82) is 5.26 Å². The SMILES string of the molecule is CN(CCN1CCN(S(=O)(=O)c2cccc(C(F)(F)F)c2)c2cc(-c3cc(F)cc(C#N)c3)ccc21)CC(=O)O. The molecule has 0 atom stereocenters. The van der Waals surface area contributed by atoms with Crippen LogP contribution in [0.3, 0.4) is 0 Å². The number of carbonyl (C=O) groups is 1. The highest BCUT2D eigenvalue weighted by Gasteiger charge is 2.35. The monoisotopic (exact) mass is 576 g/mol. The first-order valence-electron chi connectivity index (χ1n) is 12.0. The molecule has 1 N–H and O–H groups in total. The normalized spacial score (nSPS) is 13.7. The summed E-state index contributed by atoms with van der Waals surface area (Å²) in [6.45, 7) is 0.556. The number of hydrogen-bond donors (Lipinski definition) is 1. The van der Waals surface area contributed by atoms with E-state index in [0.29, 0.717) is 36.0 Å². The minimum atomic E-state index is -4.74. The van der Waals surface area contributed by atoms with Crippen molar-refractivity contribution in [1.82, 2.24) is 4.90 Å². The van der Waals surface area contributed by atoms with Crippen LogP contribution in [0.4, 0.5) is 28.9 Å². The van der Waals surface area contributed by atoms with E-state index in [1.165, 1.54) is 18.2 Å². The topological polar surface area (TPSA) is 105 Å². The quantitative estimate of drug-likeness (QED) is 0.396. The molecular formula is C27H24F4N4O4S. The maximum absolute atomic E-state index is 14.2. The van der Waals surface area contributed by atoms with Gasteiger partial charge in [0.15, 0.2) is 0 Å². The molecule has 0 radical (unpaired) electrons. The van der Waals surface area contributed by atoms with E-state index in [2.05, 4.69) is 0 Å². The molecule has 13 heteroatoms. The molecule has 0 fully saturated rings. The number of sulfonamides is 1. The van der Waals surface area contributed by atoms with E-state index in [0.717, 1.165) is 28.6 Å². The number of nitriles is 1. The molecule has 0 bridgehead atoms. The van der Waals surface area contributed by atoms with Crippen molar-refractivity contribution in [2.75, 3.05) is 49.0 Å². The van der Waals surface area contributed by atoms with Crippen LogP contribution in [0.1, 0.15) is 11.1 Å². The molecule has 3 aromatic rings. The van der Waals surface area contributed by atoms with Gasteiger partial charge in [-0.3, -0.25) is 14.0 Å². The fraction of sp³-hybridized carbons (Fsp3) is 0.259. The zero-order valence-corrected chi connectivity index (χ0v) is 22.0. The van der Waals surface area contributed by atoms with Crippen molar-refractivity contribution >= 4 is 27.4 Å². The lowest BCUT2D eigenvalue weighted by molar-refractivity contribution is -0.138. The number of aliphatic carboxylic acids is 1. The molecule has 1 heterocycles. The number of nitrogens with zero attached hydrogens (tertiary/aromatic N) is 4. The average Bonchev–Trinajstić information content (AvgIpc) is 2.90. The van der Waals surface area contributed by atoms with Gasteiger partial charge in [0.05, 0.1) is 46.6 Å². The third-order valence-corrected chi connectivity index (χ3v) is 8.23. The lowest BCUT2D eigenvalue weighted by Gasteiger charge is -2.39. The molecular weight excluding hydrogens is 552 g/mol. The lowest BCUT2D eigenvalue weighted by Crippen LogP contribution is -2.46. The van der Waals surface area contributed by atoms with Crippen molar-refractivity contribution in [2.45, 2.75) is 11.1 Å². The second kappa shape index (κ2) is 11.1. The highest BCUT2D eigenvalue weighted by molar-refractivity contribution is 7.92. The number of hydrogen-bond acceptors (Lipinski definition) is 6. The molecule has 0 saturated carbocycles. The summed E-state index contributed by atoms with van der Waals surface area (Å²) >= 11 is 0. The van der Waals surface area contributed by atoms with E-state index in [1.54, 1.807) is 24.1 Å². The Morgan fingerprint density at radius 3 is 2.48 bits per heavy atom. The molecule has 210 valence electrons. The van der Waals surface area contributed by atoms with E-state index in [1.807, 2.05) is 11.0 Å². The molecule has 8 nitrogen and oxygen atoms in total.